The van der Waals surface area contributed by atoms with Gasteiger partial charge in [-0.25, -0.2) is 0 Å². The van der Waals surface area contributed by atoms with Crippen molar-refractivity contribution in [1.29, 1.82) is 0 Å². The van der Waals surface area contributed by atoms with Gasteiger partial charge in [0.15, 0.2) is 0 Å². The molecule has 0 aliphatic carbocycles. The second-order valence-corrected chi connectivity index (χ2v) is 6.41. The average molecular weight is 328 g/mol. The molecule has 4 heteroatoms. The Labute approximate surface area is 144 Å². The fourth-order valence-corrected chi connectivity index (χ4v) is 3.26. The van der Waals surface area contributed by atoms with Crippen molar-refractivity contribution in [2.75, 3.05) is 20.7 Å². The highest BCUT2D eigenvalue weighted by molar-refractivity contribution is 5.40. The molecule has 2 aromatic rings. The Balaban J connectivity index is 2.70. The summed E-state index contributed by atoms with van der Waals surface area (Å²) in [5.41, 5.74) is -0.546. The third-order valence-electron chi connectivity index (χ3n) is 5.21. The average Bonchev–Trinajstić information content (AvgIpc) is 2.66. The molecule has 2 atom stereocenters. The fraction of sp³-hybridized carbons (Fsp3) is 0.400. The van der Waals surface area contributed by atoms with Gasteiger partial charge in [0.1, 0.15) is 11.3 Å². The van der Waals surface area contributed by atoms with E-state index in [0.29, 0.717) is 0 Å². The first-order valence-electron chi connectivity index (χ1n) is 8.28. The molecule has 0 amide bonds. The van der Waals surface area contributed by atoms with Gasteiger partial charge in [-0.3, -0.25) is 10.2 Å². The van der Waals surface area contributed by atoms with Crippen LogP contribution in [-0.2, 0) is 5.60 Å². The molecule has 0 aliphatic heterocycles. The maximum absolute atomic E-state index is 12.0. The summed E-state index contributed by atoms with van der Waals surface area (Å²) in [6.45, 7) is 3.90. The van der Waals surface area contributed by atoms with Crippen molar-refractivity contribution in [2.24, 2.45) is 0 Å². The number of hydrogen-bond acceptors (Lipinski definition) is 4. The van der Waals surface area contributed by atoms with Crippen molar-refractivity contribution in [3.8, 4) is 0 Å². The summed E-state index contributed by atoms with van der Waals surface area (Å²) in [4.78, 5) is 1.98. The number of nitrogens with one attached hydrogen (secondary N) is 1. The number of nitrogens with zero attached hydrogens (tertiary/aromatic N) is 1. The first-order valence-corrected chi connectivity index (χ1v) is 8.28. The van der Waals surface area contributed by atoms with Gasteiger partial charge < -0.3 is 10.2 Å². The predicted molar refractivity (Wildman–Crippen MR) is 97.7 cm³/mol. The highest BCUT2D eigenvalue weighted by Crippen LogP contribution is 2.41. The Bertz CT molecular complexity index is 593. The molecule has 0 saturated carbocycles. The van der Waals surface area contributed by atoms with E-state index in [1.54, 1.807) is 0 Å². The van der Waals surface area contributed by atoms with Gasteiger partial charge in [0.2, 0.25) is 0 Å². The number of rotatable bonds is 7. The van der Waals surface area contributed by atoms with Crippen molar-refractivity contribution in [3.05, 3.63) is 71.8 Å². The smallest absolute Gasteiger partial charge is 0.146 e. The summed E-state index contributed by atoms with van der Waals surface area (Å²) in [5.74, 6) is 0. The number of aliphatic hydroxyl groups is 2. The van der Waals surface area contributed by atoms with Crippen molar-refractivity contribution in [2.45, 2.75) is 31.2 Å². The quantitative estimate of drug-likeness (QED) is 0.682. The normalized spacial score (nSPS) is 16.0. The van der Waals surface area contributed by atoms with Gasteiger partial charge in [-0.05, 0) is 39.1 Å². The lowest BCUT2D eigenvalue weighted by molar-refractivity contribution is -0.109. The van der Waals surface area contributed by atoms with Crippen molar-refractivity contribution in [1.82, 2.24) is 10.2 Å². The topological polar surface area (TPSA) is 55.7 Å². The summed E-state index contributed by atoms with van der Waals surface area (Å²) in [7, 11) is 3.74. The molecule has 0 heterocycles. The van der Waals surface area contributed by atoms with Crippen LogP contribution in [0.4, 0.5) is 0 Å². The number of hydrogen-bond donors (Lipinski definition) is 3. The van der Waals surface area contributed by atoms with Gasteiger partial charge >= 0.3 is 0 Å². The van der Waals surface area contributed by atoms with E-state index in [-0.39, 0.29) is 12.6 Å². The zero-order valence-electron chi connectivity index (χ0n) is 14.9. The molecule has 130 valence electrons. The summed E-state index contributed by atoms with van der Waals surface area (Å²) < 4.78 is 0. The third kappa shape index (κ3) is 2.98. The van der Waals surface area contributed by atoms with E-state index in [4.69, 9.17) is 0 Å². The molecule has 4 nitrogen and oxygen atoms in total. The molecule has 0 saturated heterocycles. The predicted octanol–water partition coefficient (Wildman–Crippen LogP) is 2.17. The van der Waals surface area contributed by atoms with E-state index >= 15 is 0 Å². The molecule has 2 aromatic carbocycles. The first kappa shape index (κ1) is 18.6. The second kappa shape index (κ2) is 7.45. The molecule has 1 unspecified atom stereocenters. The fourth-order valence-electron chi connectivity index (χ4n) is 3.26. The minimum atomic E-state index is -1.30. The van der Waals surface area contributed by atoms with Gasteiger partial charge in [-0.2, -0.15) is 0 Å². The number of benzene rings is 2. The Hall–Kier alpha value is -1.72. The molecule has 0 spiro atoms. The van der Waals surface area contributed by atoms with Crippen LogP contribution in [0.3, 0.4) is 0 Å². The van der Waals surface area contributed by atoms with E-state index in [2.05, 4.69) is 5.32 Å². The van der Waals surface area contributed by atoms with Gasteiger partial charge in [0.25, 0.3) is 0 Å². The molecular formula is C20H28N2O2. The Morgan fingerprint density at radius 3 is 1.75 bits per heavy atom. The van der Waals surface area contributed by atoms with E-state index < -0.39 is 11.3 Å². The lowest BCUT2D eigenvalue weighted by Crippen LogP contribution is -2.69. The van der Waals surface area contributed by atoms with Crippen LogP contribution in [0.15, 0.2) is 60.7 Å². The third-order valence-corrected chi connectivity index (χ3v) is 5.21. The van der Waals surface area contributed by atoms with Crippen LogP contribution in [0, 0.1) is 0 Å². The number of likely N-dealkylation sites (N-methyl/N-ethyl adjacent to an activating group) is 2. The number of aliphatic hydroxyl groups excluding tert-OH is 1. The lowest BCUT2D eigenvalue weighted by atomic mass is 9.75. The monoisotopic (exact) mass is 328 g/mol. The van der Waals surface area contributed by atoms with E-state index in [0.717, 1.165) is 11.1 Å². The van der Waals surface area contributed by atoms with Crippen LogP contribution >= 0.6 is 0 Å². The van der Waals surface area contributed by atoms with Gasteiger partial charge in [-0.1, -0.05) is 60.7 Å². The highest BCUT2D eigenvalue weighted by Gasteiger charge is 2.52. The molecule has 0 aromatic heterocycles. The molecule has 0 radical (unpaired) electrons. The summed E-state index contributed by atoms with van der Waals surface area (Å²) in [6.07, 6.45) is 0. The minimum Gasteiger partial charge on any atom is -0.395 e. The van der Waals surface area contributed by atoms with Gasteiger partial charge in [0, 0.05) is 6.04 Å². The molecule has 3 N–H and O–H groups in total. The first-order chi connectivity index (χ1) is 11.4. The van der Waals surface area contributed by atoms with Crippen molar-refractivity contribution < 1.29 is 10.2 Å². The Morgan fingerprint density at radius 1 is 1.00 bits per heavy atom. The van der Waals surface area contributed by atoms with Crippen LogP contribution in [0.5, 0.6) is 0 Å². The zero-order valence-corrected chi connectivity index (χ0v) is 14.9. The van der Waals surface area contributed by atoms with Crippen LogP contribution in [0.2, 0.25) is 0 Å². The van der Waals surface area contributed by atoms with Crippen molar-refractivity contribution >= 4 is 0 Å². The SMILES string of the molecule is CN[C@@](C)(N(C)C(C)CO)C(O)(c1ccccc1)c1ccccc1. The standard InChI is InChI=1S/C20H28N2O2/c1-16(15-23)22(4)19(2,21-3)20(24,17-11-7-5-8-12-17)18-13-9-6-10-14-18/h5-14,16,21,23-24H,15H2,1-4H3/t16?,19-/m0/s1. The molecule has 0 fully saturated rings. The van der Waals surface area contributed by atoms with Gasteiger partial charge in [0.05, 0.1) is 6.61 Å². The summed E-state index contributed by atoms with van der Waals surface area (Å²) >= 11 is 0. The van der Waals surface area contributed by atoms with E-state index in [1.165, 1.54) is 0 Å². The van der Waals surface area contributed by atoms with Crippen LogP contribution < -0.4 is 5.32 Å². The van der Waals surface area contributed by atoms with Gasteiger partial charge in [-0.15, -0.1) is 0 Å². The molecular weight excluding hydrogens is 300 g/mol. The van der Waals surface area contributed by atoms with Crippen molar-refractivity contribution in [3.63, 3.8) is 0 Å². The molecule has 2 rings (SSSR count). The summed E-state index contributed by atoms with van der Waals surface area (Å²) in [6, 6.07) is 19.2. The Kier molecular flexibility index (Phi) is 5.78. The summed E-state index contributed by atoms with van der Waals surface area (Å²) in [5, 5.41) is 24.9. The van der Waals surface area contributed by atoms with E-state index in [9.17, 15) is 10.2 Å². The van der Waals surface area contributed by atoms with Crippen LogP contribution in [0.25, 0.3) is 0 Å². The highest BCUT2D eigenvalue weighted by atomic mass is 16.3. The lowest BCUT2D eigenvalue weighted by Gasteiger charge is -2.52. The van der Waals surface area contributed by atoms with E-state index in [1.807, 2.05) is 93.5 Å². The minimum absolute atomic E-state index is 0.00737. The van der Waals surface area contributed by atoms with Crippen LogP contribution in [-0.4, -0.2) is 47.5 Å². The molecule has 0 bridgehead atoms. The maximum atomic E-state index is 12.0. The maximum Gasteiger partial charge on any atom is 0.146 e. The zero-order chi connectivity index (χ0) is 17.8. The molecule has 24 heavy (non-hydrogen) atoms. The largest absolute Gasteiger partial charge is 0.395 e. The van der Waals surface area contributed by atoms with Crippen LogP contribution in [0.1, 0.15) is 25.0 Å². The second-order valence-electron chi connectivity index (χ2n) is 6.41. The molecule has 0 aliphatic rings. The Morgan fingerprint density at radius 2 is 1.42 bits per heavy atom.